The van der Waals surface area contributed by atoms with Gasteiger partial charge in [0.1, 0.15) is 11.9 Å². The fraction of sp³-hybridized carbons (Fsp3) is 0.421. The molecule has 1 N–H and O–H groups in total. The number of piperazine rings is 1. The van der Waals surface area contributed by atoms with Crippen LogP contribution in [0.1, 0.15) is 47.3 Å². The van der Waals surface area contributed by atoms with Crippen LogP contribution in [0.4, 0.5) is 10.9 Å². The van der Waals surface area contributed by atoms with E-state index in [2.05, 4.69) is 39.2 Å². The molecule has 0 bridgehead atoms. The van der Waals surface area contributed by atoms with E-state index in [1.165, 1.54) is 11.3 Å². The Hall–Kier alpha value is -4.20. The largest absolute Gasteiger partial charge is 0.379 e. The number of pyridine rings is 1. The molecule has 6 rings (SSSR count). The minimum absolute atomic E-state index is 0.172. The lowest BCUT2D eigenvalue weighted by Crippen LogP contribution is -2.47. The molecular weight excluding hydrogens is 653 g/mol. The van der Waals surface area contributed by atoms with Gasteiger partial charge in [0.2, 0.25) is 0 Å². The van der Waals surface area contributed by atoms with Crippen LogP contribution in [0.25, 0.3) is 11.1 Å². The molecule has 2 aliphatic heterocycles. The van der Waals surface area contributed by atoms with Gasteiger partial charge in [-0.1, -0.05) is 55.8 Å². The summed E-state index contributed by atoms with van der Waals surface area (Å²) in [5.74, 6) is 0.484. The van der Waals surface area contributed by atoms with Crippen molar-refractivity contribution in [3.05, 3.63) is 95.1 Å². The van der Waals surface area contributed by atoms with Crippen molar-refractivity contribution in [2.24, 2.45) is 0 Å². The third kappa shape index (κ3) is 9.32. The van der Waals surface area contributed by atoms with Crippen LogP contribution in [-0.2, 0) is 25.5 Å². The average molecular weight is 699 g/mol. The molecule has 4 heterocycles. The van der Waals surface area contributed by atoms with Crippen molar-refractivity contribution in [3.63, 3.8) is 0 Å². The van der Waals surface area contributed by atoms with Gasteiger partial charge in [-0.2, -0.15) is 0 Å². The van der Waals surface area contributed by atoms with Crippen LogP contribution in [0, 0.1) is 0 Å². The summed E-state index contributed by atoms with van der Waals surface area (Å²) < 4.78 is 16.8. The van der Waals surface area contributed by atoms with Gasteiger partial charge in [-0.3, -0.25) is 19.8 Å². The smallest absolute Gasteiger partial charge is 0.255 e. The number of fused-ring (bicyclic) bond motifs is 1. The lowest BCUT2D eigenvalue weighted by atomic mass is 10.0. The number of aromatic nitrogens is 2. The molecule has 11 nitrogen and oxygen atoms in total. The van der Waals surface area contributed by atoms with Gasteiger partial charge in [-0.15, -0.1) is 11.3 Å². The second-order valence-electron chi connectivity index (χ2n) is 12.4. The highest BCUT2D eigenvalue weighted by atomic mass is 32.1. The van der Waals surface area contributed by atoms with Crippen LogP contribution in [0.2, 0.25) is 0 Å². The highest BCUT2D eigenvalue weighted by Crippen LogP contribution is 2.35. The molecule has 1 atom stereocenters. The van der Waals surface area contributed by atoms with E-state index in [9.17, 15) is 9.59 Å². The number of hydrogen-bond donors (Lipinski definition) is 1. The molecule has 0 aliphatic carbocycles. The maximum absolute atomic E-state index is 13.9. The van der Waals surface area contributed by atoms with Crippen molar-refractivity contribution in [1.29, 1.82) is 0 Å². The molecule has 12 heteroatoms. The van der Waals surface area contributed by atoms with Crippen molar-refractivity contribution in [2.45, 2.75) is 32.4 Å². The minimum Gasteiger partial charge on any atom is -0.379 e. The van der Waals surface area contributed by atoms with E-state index in [0.717, 1.165) is 80.2 Å². The molecule has 2 aliphatic rings. The SMILES string of the molecule is CCCCOCCOCCOCCN1CCN(c2ccc(-c3ccc4c(c3)C(=O)N(C(C(=O)Nc3nccs3)c3ccccc3)C4)cn2)CC1. The predicted octanol–water partition coefficient (Wildman–Crippen LogP) is 5.51. The second-order valence-corrected chi connectivity index (χ2v) is 13.3. The van der Waals surface area contributed by atoms with Crippen LogP contribution in [-0.4, -0.2) is 104 Å². The number of carbonyl (C=O) groups excluding carboxylic acids is 2. The zero-order valence-electron chi connectivity index (χ0n) is 28.7. The number of nitrogens with zero attached hydrogens (tertiary/aromatic N) is 5. The number of amides is 2. The summed E-state index contributed by atoms with van der Waals surface area (Å²) >= 11 is 1.34. The van der Waals surface area contributed by atoms with Crippen LogP contribution in [0.15, 0.2) is 78.4 Å². The maximum atomic E-state index is 13.9. The highest BCUT2D eigenvalue weighted by molar-refractivity contribution is 7.13. The molecule has 4 aromatic rings. The Labute approximate surface area is 298 Å². The monoisotopic (exact) mass is 698 g/mol. The van der Waals surface area contributed by atoms with Crippen molar-refractivity contribution >= 4 is 34.1 Å². The summed E-state index contributed by atoms with van der Waals surface area (Å²) in [6.07, 6.45) is 5.76. The first-order chi connectivity index (χ1) is 24.6. The molecule has 1 unspecified atom stereocenters. The first-order valence-electron chi connectivity index (χ1n) is 17.5. The second kappa shape index (κ2) is 18.2. The number of benzene rings is 2. The van der Waals surface area contributed by atoms with Crippen LogP contribution in [0.3, 0.4) is 0 Å². The summed E-state index contributed by atoms with van der Waals surface area (Å²) in [6.45, 7) is 11.0. The van der Waals surface area contributed by atoms with Gasteiger partial charge < -0.3 is 24.0 Å². The van der Waals surface area contributed by atoms with Crippen molar-refractivity contribution in [3.8, 4) is 11.1 Å². The first-order valence-corrected chi connectivity index (χ1v) is 18.3. The van der Waals surface area contributed by atoms with E-state index in [-0.39, 0.29) is 11.8 Å². The number of unbranched alkanes of at least 4 members (excludes halogenated alkanes) is 1. The number of anilines is 2. The third-order valence-corrected chi connectivity index (χ3v) is 9.68. The molecule has 50 heavy (non-hydrogen) atoms. The Morgan fingerprint density at radius 2 is 1.62 bits per heavy atom. The minimum atomic E-state index is -0.789. The topological polar surface area (TPSA) is 109 Å². The molecule has 1 fully saturated rings. The summed E-state index contributed by atoms with van der Waals surface area (Å²) in [6, 6.07) is 18.7. The Kier molecular flexibility index (Phi) is 12.9. The van der Waals surface area contributed by atoms with Crippen molar-refractivity contribution < 1.29 is 23.8 Å². The summed E-state index contributed by atoms with van der Waals surface area (Å²) in [7, 11) is 0. The molecule has 2 aromatic heterocycles. The van der Waals surface area contributed by atoms with E-state index in [1.54, 1.807) is 16.5 Å². The number of rotatable bonds is 18. The third-order valence-electron chi connectivity index (χ3n) is 9.00. The van der Waals surface area contributed by atoms with Gasteiger partial charge in [-0.05, 0) is 41.3 Å². The molecule has 1 saturated heterocycles. The molecule has 2 aromatic carbocycles. The van der Waals surface area contributed by atoms with Crippen LogP contribution < -0.4 is 10.2 Å². The Morgan fingerprint density at radius 3 is 2.32 bits per heavy atom. The molecule has 0 spiro atoms. The van der Waals surface area contributed by atoms with Gasteiger partial charge in [0.15, 0.2) is 5.13 Å². The zero-order valence-corrected chi connectivity index (χ0v) is 29.5. The number of nitrogens with one attached hydrogen (secondary N) is 1. The molecule has 264 valence electrons. The van der Waals surface area contributed by atoms with Gasteiger partial charge in [0.05, 0.1) is 33.0 Å². The number of ether oxygens (including phenoxy) is 3. The van der Waals surface area contributed by atoms with Gasteiger partial charge in [0.25, 0.3) is 11.8 Å². The summed E-state index contributed by atoms with van der Waals surface area (Å²) in [4.78, 5) is 42.7. The summed E-state index contributed by atoms with van der Waals surface area (Å²) in [5.41, 5.74) is 4.10. The van der Waals surface area contributed by atoms with Crippen LogP contribution in [0.5, 0.6) is 0 Å². The quantitative estimate of drug-likeness (QED) is 0.135. The Bertz CT molecular complexity index is 1650. The van der Waals surface area contributed by atoms with E-state index in [4.69, 9.17) is 19.2 Å². The Balaban J connectivity index is 0.984. The number of carbonyl (C=O) groups is 2. The van der Waals surface area contributed by atoms with E-state index in [0.29, 0.717) is 50.3 Å². The van der Waals surface area contributed by atoms with Gasteiger partial charge in [-0.25, -0.2) is 9.97 Å². The normalized spacial score (nSPS) is 15.3. The maximum Gasteiger partial charge on any atom is 0.255 e. The fourth-order valence-corrected chi connectivity index (χ4v) is 6.74. The average Bonchev–Trinajstić information content (AvgIpc) is 3.78. The summed E-state index contributed by atoms with van der Waals surface area (Å²) in [5, 5.41) is 5.19. The first kappa shape index (κ1) is 35.6. The Morgan fingerprint density at radius 1 is 0.880 bits per heavy atom. The van der Waals surface area contributed by atoms with E-state index >= 15 is 0 Å². The van der Waals surface area contributed by atoms with Crippen molar-refractivity contribution in [2.75, 3.05) is 82.6 Å². The molecule has 2 amide bonds. The fourth-order valence-electron chi connectivity index (χ4n) is 6.21. The highest BCUT2D eigenvalue weighted by Gasteiger charge is 2.38. The van der Waals surface area contributed by atoms with E-state index < -0.39 is 6.04 Å². The van der Waals surface area contributed by atoms with E-state index in [1.807, 2.05) is 54.7 Å². The van der Waals surface area contributed by atoms with Crippen LogP contribution >= 0.6 is 11.3 Å². The number of hydrogen-bond acceptors (Lipinski definition) is 10. The standard InChI is InChI=1S/C38H46N6O5S/c1-2-3-19-47-21-23-49-24-22-48-20-18-42-14-16-43(17-15-42)34-12-11-31(27-40-34)30-9-10-32-28-44(37(46)33(32)26-30)35(29-7-5-4-6-8-29)36(45)41-38-39-13-25-50-38/h4-13,25-27,35H,2-3,14-24,28H2,1H3,(H,39,41,45). The lowest BCUT2D eigenvalue weighted by molar-refractivity contribution is -0.120. The van der Waals surface area contributed by atoms with Crippen molar-refractivity contribution in [1.82, 2.24) is 19.8 Å². The lowest BCUT2D eigenvalue weighted by Gasteiger charge is -2.35. The molecule has 0 saturated carbocycles. The predicted molar refractivity (Wildman–Crippen MR) is 195 cm³/mol. The van der Waals surface area contributed by atoms with Gasteiger partial charge >= 0.3 is 0 Å². The molecular formula is C38H46N6O5S. The van der Waals surface area contributed by atoms with Gasteiger partial charge in [0, 0.05) is 74.8 Å². The molecule has 0 radical (unpaired) electrons. The number of thiazole rings is 1. The zero-order chi connectivity index (χ0) is 34.5.